The van der Waals surface area contributed by atoms with E-state index < -0.39 is 5.54 Å². The van der Waals surface area contributed by atoms with E-state index in [0.29, 0.717) is 6.54 Å². The van der Waals surface area contributed by atoms with E-state index >= 15 is 0 Å². The lowest BCUT2D eigenvalue weighted by molar-refractivity contribution is -0.124. The highest BCUT2D eigenvalue weighted by atomic mass is 16.2. The summed E-state index contributed by atoms with van der Waals surface area (Å²) in [6, 6.07) is 10.9. The summed E-state index contributed by atoms with van der Waals surface area (Å²) in [5.74, 6) is 2.58. The summed E-state index contributed by atoms with van der Waals surface area (Å²) in [7, 11) is 0. The largest absolute Gasteiger partial charge is 0.337 e. The van der Waals surface area contributed by atoms with Gasteiger partial charge in [0.15, 0.2) is 0 Å². The minimum Gasteiger partial charge on any atom is -0.337 e. The lowest BCUT2D eigenvalue weighted by Gasteiger charge is -2.29. The first-order chi connectivity index (χ1) is 11.7. The number of nitriles is 1. The molecule has 1 amide bonds. The summed E-state index contributed by atoms with van der Waals surface area (Å²) in [6.07, 6.45) is 11.0. The molecule has 4 nitrogen and oxygen atoms in total. The highest BCUT2D eigenvalue weighted by Gasteiger charge is 2.36. The van der Waals surface area contributed by atoms with Gasteiger partial charge in [-0.3, -0.25) is 9.69 Å². The van der Waals surface area contributed by atoms with Crippen LogP contribution < -0.4 is 5.32 Å². The van der Waals surface area contributed by atoms with Crippen LogP contribution in [0.4, 0.5) is 0 Å². The normalized spacial score (nSPS) is 21.0. The third-order valence-corrected chi connectivity index (χ3v) is 5.23. The Morgan fingerprint density at radius 2 is 2.12 bits per heavy atom. The first-order valence-corrected chi connectivity index (χ1v) is 8.65. The Labute approximate surface area is 143 Å². The van der Waals surface area contributed by atoms with Crippen LogP contribution in [-0.4, -0.2) is 29.4 Å². The molecule has 2 aliphatic rings. The molecule has 1 unspecified atom stereocenters. The predicted molar refractivity (Wildman–Crippen MR) is 92.9 cm³/mol. The van der Waals surface area contributed by atoms with Crippen LogP contribution in [0.2, 0.25) is 0 Å². The second kappa shape index (κ2) is 7.07. The summed E-state index contributed by atoms with van der Waals surface area (Å²) in [4.78, 5) is 14.6. The molecule has 1 aromatic carbocycles. The molecule has 0 aliphatic heterocycles. The van der Waals surface area contributed by atoms with Crippen molar-refractivity contribution in [3.63, 3.8) is 0 Å². The molecule has 2 aliphatic carbocycles. The molecule has 1 aromatic rings. The van der Waals surface area contributed by atoms with E-state index in [1.165, 1.54) is 11.1 Å². The standard InChI is InChI=1S/C20H23N3O/c1-2-13-23(18-10-9-16-7-3-4-8-17(16)18)14-19(24)22-20(15-21)11-5-6-12-20/h1,3-4,7-8,18H,5-6,9-14H2,(H,22,24). The molecule has 4 heteroatoms. The topological polar surface area (TPSA) is 56.1 Å². The number of hydrogen-bond acceptors (Lipinski definition) is 3. The van der Waals surface area contributed by atoms with Gasteiger partial charge in [-0.2, -0.15) is 5.26 Å². The fourth-order valence-electron chi connectivity index (χ4n) is 4.04. The fraction of sp³-hybridized carbons (Fsp3) is 0.500. The number of aryl methyl sites for hydroxylation is 1. The zero-order valence-electron chi connectivity index (χ0n) is 13.9. The number of benzene rings is 1. The van der Waals surface area contributed by atoms with Crippen molar-refractivity contribution in [1.82, 2.24) is 10.2 Å². The van der Waals surface area contributed by atoms with Gasteiger partial charge < -0.3 is 5.32 Å². The fourth-order valence-corrected chi connectivity index (χ4v) is 4.04. The maximum Gasteiger partial charge on any atom is 0.235 e. The van der Waals surface area contributed by atoms with Gasteiger partial charge in [-0.05, 0) is 49.7 Å². The number of nitrogens with zero attached hydrogens (tertiary/aromatic N) is 2. The Kier molecular flexibility index (Phi) is 4.88. The van der Waals surface area contributed by atoms with E-state index in [1.807, 2.05) is 6.07 Å². The molecule has 0 radical (unpaired) electrons. The van der Waals surface area contributed by atoms with Crippen molar-refractivity contribution >= 4 is 5.91 Å². The number of hydrogen-bond donors (Lipinski definition) is 1. The quantitative estimate of drug-likeness (QED) is 0.848. The summed E-state index contributed by atoms with van der Waals surface area (Å²) in [6.45, 7) is 0.679. The van der Waals surface area contributed by atoms with Crippen molar-refractivity contribution in [3.05, 3.63) is 35.4 Å². The van der Waals surface area contributed by atoms with Crippen molar-refractivity contribution < 1.29 is 4.79 Å². The Morgan fingerprint density at radius 3 is 2.83 bits per heavy atom. The number of terminal acetylenes is 1. The van der Waals surface area contributed by atoms with Gasteiger partial charge in [-0.15, -0.1) is 6.42 Å². The van der Waals surface area contributed by atoms with Crippen LogP contribution in [0.1, 0.15) is 49.3 Å². The van der Waals surface area contributed by atoms with Crippen LogP contribution in [0.15, 0.2) is 24.3 Å². The summed E-state index contributed by atoms with van der Waals surface area (Å²) < 4.78 is 0. The molecule has 1 N–H and O–H groups in total. The highest BCUT2D eigenvalue weighted by molar-refractivity contribution is 5.79. The minimum atomic E-state index is -0.674. The highest BCUT2D eigenvalue weighted by Crippen LogP contribution is 2.35. The van der Waals surface area contributed by atoms with Crippen LogP contribution in [0.5, 0.6) is 0 Å². The zero-order chi connectivity index (χ0) is 17.0. The van der Waals surface area contributed by atoms with Crippen LogP contribution in [-0.2, 0) is 11.2 Å². The van der Waals surface area contributed by atoms with Gasteiger partial charge in [0.25, 0.3) is 0 Å². The van der Waals surface area contributed by atoms with Gasteiger partial charge in [0, 0.05) is 6.04 Å². The predicted octanol–water partition coefficient (Wildman–Crippen LogP) is 2.56. The molecule has 24 heavy (non-hydrogen) atoms. The van der Waals surface area contributed by atoms with Gasteiger partial charge in [0.1, 0.15) is 5.54 Å². The van der Waals surface area contributed by atoms with E-state index in [4.69, 9.17) is 6.42 Å². The van der Waals surface area contributed by atoms with E-state index in [9.17, 15) is 10.1 Å². The van der Waals surface area contributed by atoms with Gasteiger partial charge in [0.05, 0.1) is 19.2 Å². The number of rotatable bonds is 5. The number of carbonyl (C=O) groups excluding carboxylic acids is 1. The summed E-state index contributed by atoms with van der Waals surface area (Å²) in [5, 5.41) is 12.4. The second-order valence-electron chi connectivity index (χ2n) is 6.81. The summed E-state index contributed by atoms with van der Waals surface area (Å²) >= 11 is 0. The monoisotopic (exact) mass is 321 g/mol. The van der Waals surface area contributed by atoms with Gasteiger partial charge >= 0.3 is 0 Å². The molecular formula is C20H23N3O. The molecule has 1 saturated carbocycles. The van der Waals surface area contributed by atoms with Crippen molar-refractivity contribution in [2.75, 3.05) is 13.1 Å². The van der Waals surface area contributed by atoms with Crippen LogP contribution in [0.3, 0.4) is 0 Å². The van der Waals surface area contributed by atoms with Crippen LogP contribution in [0.25, 0.3) is 0 Å². The van der Waals surface area contributed by atoms with Crippen molar-refractivity contribution in [2.24, 2.45) is 0 Å². The molecule has 124 valence electrons. The maximum atomic E-state index is 12.5. The number of fused-ring (bicyclic) bond motifs is 1. The third-order valence-electron chi connectivity index (χ3n) is 5.23. The molecule has 1 atom stereocenters. The number of carbonyl (C=O) groups is 1. The van der Waals surface area contributed by atoms with Crippen LogP contribution >= 0.6 is 0 Å². The Hall–Kier alpha value is -2.30. The first kappa shape index (κ1) is 16.6. The molecule has 0 saturated heterocycles. The van der Waals surface area contributed by atoms with E-state index in [0.717, 1.165) is 38.5 Å². The SMILES string of the molecule is C#CCN(CC(=O)NC1(C#N)CCCC1)C1CCc2ccccc21. The molecule has 0 heterocycles. The smallest absolute Gasteiger partial charge is 0.235 e. The molecule has 0 bridgehead atoms. The van der Waals surface area contributed by atoms with Gasteiger partial charge in [0.2, 0.25) is 5.91 Å². The lowest BCUT2D eigenvalue weighted by Crippen LogP contribution is -2.49. The molecule has 3 rings (SSSR count). The Bertz CT molecular complexity index is 692. The van der Waals surface area contributed by atoms with Crippen molar-refractivity contribution in [3.8, 4) is 18.4 Å². The van der Waals surface area contributed by atoms with E-state index in [1.54, 1.807) is 0 Å². The van der Waals surface area contributed by atoms with Gasteiger partial charge in [-0.25, -0.2) is 0 Å². The van der Waals surface area contributed by atoms with Crippen LogP contribution in [0, 0.1) is 23.7 Å². The van der Waals surface area contributed by atoms with Crippen molar-refractivity contribution in [1.29, 1.82) is 5.26 Å². The molecule has 1 fully saturated rings. The second-order valence-corrected chi connectivity index (χ2v) is 6.81. The summed E-state index contributed by atoms with van der Waals surface area (Å²) in [5.41, 5.74) is 1.94. The molecule has 0 spiro atoms. The first-order valence-electron chi connectivity index (χ1n) is 8.65. The molecular weight excluding hydrogens is 298 g/mol. The van der Waals surface area contributed by atoms with Crippen molar-refractivity contribution in [2.45, 2.75) is 50.1 Å². The Balaban J connectivity index is 1.70. The maximum absolute atomic E-state index is 12.5. The average Bonchev–Trinajstić information content (AvgIpc) is 3.22. The third kappa shape index (κ3) is 3.30. The van der Waals surface area contributed by atoms with E-state index in [-0.39, 0.29) is 18.5 Å². The Morgan fingerprint density at radius 1 is 1.38 bits per heavy atom. The minimum absolute atomic E-state index is 0.0990. The number of amides is 1. The average molecular weight is 321 g/mol. The molecule has 0 aromatic heterocycles. The van der Waals surface area contributed by atoms with E-state index in [2.05, 4.69) is 40.4 Å². The zero-order valence-corrected chi connectivity index (χ0v) is 13.9. The van der Waals surface area contributed by atoms with Gasteiger partial charge in [-0.1, -0.05) is 30.2 Å². The number of nitrogens with one attached hydrogen (secondary N) is 1. The lowest BCUT2D eigenvalue weighted by atomic mass is 10.00.